The van der Waals surface area contributed by atoms with Gasteiger partial charge in [0, 0.05) is 37.1 Å². The van der Waals surface area contributed by atoms with Gasteiger partial charge in [0.1, 0.15) is 28.9 Å². The van der Waals surface area contributed by atoms with Gasteiger partial charge in [-0.3, -0.25) is 9.36 Å². The third-order valence-corrected chi connectivity index (χ3v) is 7.42. The Bertz CT molecular complexity index is 1450. The summed E-state index contributed by atoms with van der Waals surface area (Å²) in [4.78, 5) is 29.0. The number of halogens is 2. The number of fused-ring (bicyclic) bond motifs is 2. The molecule has 0 bridgehead atoms. The third kappa shape index (κ3) is 3.78. The molecule has 0 amide bonds. The van der Waals surface area contributed by atoms with Crippen LogP contribution in [0.1, 0.15) is 32.9 Å². The summed E-state index contributed by atoms with van der Waals surface area (Å²) in [5.74, 6) is 0.264. The van der Waals surface area contributed by atoms with Crippen molar-refractivity contribution < 1.29 is 19.0 Å². The van der Waals surface area contributed by atoms with Crippen LogP contribution in [-0.4, -0.2) is 48.3 Å². The molecule has 35 heavy (non-hydrogen) atoms. The van der Waals surface area contributed by atoms with E-state index < -0.39 is 17.9 Å². The van der Waals surface area contributed by atoms with E-state index in [-0.39, 0.29) is 23.1 Å². The average molecular weight is 514 g/mol. The fraction of sp³-hybridized carbons (Fsp3) is 0.375. The van der Waals surface area contributed by atoms with Gasteiger partial charge in [0.2, 0.25) is 0 Å². The molecule has 0 radical (unpaired) electrons. The minimum Gasteiger partial charge on any atom is -0.490 e. The second-order valence-electron chi connectivity index (χ2n) is 9.06. The highest BCUT2D eigenvalue weighted by molar-refractivity contribution is 6.33. The number of pyridine rings is 1. The highest BCUT2D eigenvalue weighted by Gasteiger charge is 2.62. The molecule has 1 aliphatic carbocycles. The number of esters is 1. The monoisotopic (exact) mass is 513 g/mol. The maximum atomic E-state index is 11.9. The normalized spacial score (nSPS) is 27.9. The van der Waals surface area contributed by atoms with Crippen LogP contribution < -0.4 is 4.74 Å². The summed E-state index contributed by atoms with van der Waals surface area (Å²) >= 11 is 12.2. The Hall–Kier alpha value is -3.01. The second-order valence-corrected chi connectivity index (χ2v) is 9.81. The third-order valence-electron chi connectivity index (χ3n) is 6.93. The summed E-state index contributed by atoms with van der Waals surface area (Å²) < 4.78 is 20.3. The van der Waals surface area contributed by atoms with Crippen molar-refractivity contribution in [3.63, 3.8) is 0 Å². The molecule has 4 heterocycles. The van der Waals surface area contributed by atoms with Crippen LogP contribution in [-0.2, 0) is 14.3 Å². The van der Waals surface area contributed by atoms with Gasteiger partial charge in [-0.15, -0.1) is 0 Å². The van der Waals surface area contributed by atoms with Gasteiger partial charge in [-0.05, 0) is 24.3 Å². The Morgan fingerprint density at radius 1 is 1.17 bits per heavy atom. The molecule has 4 aromatic rings. The van der Waals surface area contributed by atoms with Crippen molar-refractivity contribution >= 4 is 51.2 Å². The standard InChI is InChI=1S/C24H21Cl2N5O4/c1-12-20(33-13(2)32)23(31-11-29-19-21(26)27-10-28-22(19)31)35-24(12)8-16(9-24)34-15-5-3-14-4-6-18(25)30-17(14)7-15/h3-7,10-12,16,20,23H,8-9H2,1-2H3/t12-,16?,20?,23+,24?/m0/s1. The van der Waals surface area contributed by atoms with E-state index in [1.54, 1.807) is 17.0 Å². The minimum absolute atomic E-state index is 0.0536. The zero-order valence-corrected chi connectivity index (χ0v) is 20.4. The number of carbonyl (C=O) groups excluding carboxylic acids is 1. The minimum atomic E-state index is -0.599. The second kappa shape index (κ2) is 8.29. The van der Waals surface area contributed by atoms with E-state index in [4.69, 9.17) is 37.4 Å². The topological polar surface area (TPSA) is 101 Å². The maximum absolute atomic E-state index is 11.9. The van der Waals surface area contributed by atoms with Crippen molar-refractivity contribution in [2.45, 2.75) is 50.7 Å². The molecule has 2 fully saturated rings. The molecule has 2 aliphatic rings. The van der Waals surface area contributed by atoms with Crippen LogP contribution in [0.25, 0.3) is 22.1 Å². The van der Waals surface area contributed by atoms with E-state index in [1.807, 2.05) is 31.2 Å². The predicted molar refractivity (Wildman–Crippen MR) is 128 cm³/mol. The highest BCUT2D eigenvalue weighted by atomic mass is 35.5. The Kier molecular flexibility index (Phi) is 5.32. The van der Waals surface area contributed by atoms with Crippen LogP contribution in [0.15, 0.2) is 43.0 Å². The lowest BCUT2D eigenvalue weighted by atomic mass is 9.69. The Morgan fingerprint density at radius 2 is 1.97 bits per heavy atom. The van der Waals surface area contributed by atoms with Crippen LogP contribution in [0.2, 0.25) is 10.3 Å². The number of benzene rings is 1. The number of nitrogens with zero attached hydrogens (tertiary/aromatic N) is 5. The van der Waals surface area contributed by atoms with Gasteiger partial charge in [0.15, 0.2) is 23.1 Å². The van der Waals surface area contributed by atoms with Crippen molar-refractivity contribution in [1.29, 1.82) is 0 Å². The molecule has 3 aromatic heterocycles. The first-order valence-corrected chi connectivity index (χ1v) is 12.0. The van der Waals surface area contributed by atoms with Crippen LogP contribution in [0.5, 0.6) is 5.75 Å². The molecule has 1 saturated heterocycles. The van der Waals surface area contributed by atoms with Crippen molar-refractivity contribution in [2.24, 2.45) is 5.92 Å². The zero-order valence-electron chi connectivity index (χ0n) is 18.9. The number of hydrogen-bond donors (Lipinski definition) is 0. The molecule has 11 heteroatoms. The summed E-state index contributed by atoms with van der Waals surface area (Å²) in [5.41, 5.74) is 1.25. The molecular weight excluding hydrogens is 493 g/mol. The number of carbonyl (C=O) groups is 1. The van der Waals surface area contributed by atoms with Gasteiger partial charge in [0.25, 0.3) is 0 Å². The van der Waals surface area contributed by atoms with E-state index >= 15 is 0 Å². The van der Waals surface area contributed by atoms with Crippen LogP contribution >= 0.6 is 23.2 Å². The van der Waals surface area contributed by atoms with Gasteiger partial charge in [-0.25, -0.2) is 19.9 Å². The van der Waals surface area contributed by atoms with Crippen molar-refractivity contribution in [1.82, 2.24) is 24.5 Å². The van der Waals surface area contributed by atoms with Crippen molar-refractivity contribution in [3.05, 3.63) is 53.3 Å². The lowest BCUT2D eigenvalue weighted by Crippen LogP contribution is -2.54. The molecule has 0 N–H and O–H groups in total. The van der Waals surface area contributed by atoms with Crippen molar-refractivity contribution in [3.8, 4) is 5.75 Å². The van der Waals surface area contributed by atoms with Crippen LogP contribution in [0.4, 0.5) is 0 Å². The largest absolute Gasteiger partial charge is 0.490 e. The van der Waals surface area contributed by atoms with E-state index in [2.05, 4.69) is 19.9 Å². The van der Waals surface area contributed by atoms with E-state index in [1.165, 1.54) is 13.3 Å². The molecule has 1 aliphatic heterocycles. The molecule has 1 spiro atoms. The van der Waals surface area contributed by atoms with Gasteiger partial charge < -0.3 is 14.2 Å². The number of imidazole rings is 1. The number of hydrogen-bond acceptors (Lipinski definition) is 8. The Labute approximate surface area is 210 Å². The maximum Gasteiger partial charge on any atom is 0.303 e. The smallest absolute Gasteiger partial charge is 0.303 e. The summed E-state index contributed by atoms with van der Waals surface area (Å²) in [7, 11) is 0. The average Bonchev–Trinajstić information content (AvgIpc) is 3.34. The summed E-state index contributed by atoms with van der Waals surface area (Å²) in [6.45, 7) is 3.43. The predicted octanol–water partition coefficient (Wildman–Crippen LogP) is 4.76. The Balaban J connectivity index is 1.24. The number of rotatable bonds is 4. The Morgan fingerprint density at radius 3 is 2.77 bits per heavy atom. The lowest BCUT2D eigenvalue weighted by Gasteiger charge is -2.46. The number of aromatic nitrogens is 5. The van der Waals surface area contributed by atoms with Gasteiger partial charge >= 0.3 is 5.97 Å². The first-order chi connectivity index (χ1) is 16.8. The molecule has 9 nitrogen and oxygen atoms in total. The molecule has 1 unspecified atom stereocenters. The van der Waals surface area contributed by atoms with Crippen molar-refractivity contribution in [2.75, 3.05) is 0 Å². The van der Waals surface area contributed by atoms with Crippen LogP contribution in [0, 0.1) is 5.92 Å². The first-order valence-electron chi connectivity index (χ1n) is 11.2. The van der Waals surface area contributed by atoms with Gasteiger partial charge in [0.05, 0.1) is 17.4 Å². The van der Waals surface area contributed by atoms with Gasteiger partial charge in [-0.1, -0.05) is 30.1 Å². The highest BCUT2D eigenvalue weighted by Crippen LogP contribution is 2.54. The molecule has 6 rings (SSSR count). The SMILES string of the molecule is CC(=O)OC1[C@H](n2cnc3c(Cl)ncnc32)OC2(CC(Oc3ccc4ccc(Cl)nc4c3)C2)[C@H]1C. The summed E-state index contributed by atoms with van der Waals surface area (Å²) in [5, 5.41) is 1.68. The quantitative estimate of drug-likeness (QED) is 0.218. The lowest BCUT2D eigenvalue weighted by molar-refractivity contribution is -0.171. The molecule has 3 atom stereocenters. The van der Waals surface area contributed by atoms with E-state index in [0.29, 0.717) is 29.2 Å². The summed E-state index contributed by atoms with van der Waals surface area (Å²) in [6.07, 6.45) is 3.08. The fourth-order valence-electron chi connectivity index (χ4n) is 5.14. The molecule has 1 saturated carbocycles. The zero-order chi connectivity index (χ0) is 24.3. The molecule has 1 aromatic carbocycles. The van der Waals surface area contributed by atoms with Gasteiger partial charge in [-0.2, -0.15) is 0 Å². The van der Waals surface area contributed by atoms with E-state index in [9.17, 15) is 4.79 Å². The first kappa shape index (κ1) is 22.5. The fourth-order valence-corrected chi connectivity index (χ4v) is 5.47. The van der Waals surface area contributed by atoms with E-state index in [0.717, 1.165) is 16.7 Å². The van der Waals surface area contributed by atoms with Crippen LogP contribution in [0.3, 0.4) is 0 Å². The summed E-state index contributed by atoms with van der Waals surface area (Å²) in [6, 6.07) is 9.46. The number of ether oxygens (including phenoxy) is 3. The molecule has 180 valence electrons. The molecular formula is C24H21Cl2N5O4.